The summed E-state index contributed by atoms with van der Waals surface area (Å²) in [6.45, 7) is 5.01. The van der Waals surface area contributed by atoms with Gasteiger partial charge in [0.25, 0.3) is 11.1 Å². The van der Waals surface area contributed by atoms with Crippen LogP contribution in [-0.2, 0) is 16.1 Å². The van der Waals surface area contributed by atoms with Gasteiger partial charge in [0, 0.05) is 36.5 Å². The molecule has 148 valence electrons. The van der Waals surface area contributed by atoms with Crippen LogP contribution < -0.4 is 11.1 Å². The number of carbonyl (C=O) groups is 1. The average molecular weight is 415 g/mol. The Balaban J connectivity index is 1.76. The summed E-state index contributed by atoms with van der Waals surface area (Å²) in [7, 11) is 0. The minimum Gasteiger partial charge on any atom is -0.460 e. The molecule has 0 saturated heterocycles. The Morgan fingerprint density at radius 3 is 2.30 bits per heavy atom. The van der Waals surface area contributed by atoms with Crippen molar-refractivity contribution in [3.63, 3.8) is 0 Å². The molecule has 30 heavy (non-hydrogen) atoms. The molecule has 2 aromatic heterocycles. The van der Waals surface area contributed by atoms with E-state index in [-0.39, 0.29) is 29.8 Å². The highest BCUT2D eigenvalue weighted by atomic mass is 32.1. The number of carbonyl (C=O) groups excluding carboxylic acids is 1. The highest BCUT2D eigenvalue weighted by Crippen LogP contribution is 2.39. The molecule has 6 heteroatoms. The fraction of sp³-hybridized carbons (Fsp3) is 0.125. The topological polar surface area (TPSA) is 65.4 Å². The third-order valence-electron chi connectivity index (χ3n) is 5.37. The molecule has 5 nitrogen and oxygen atoms in total. The number of aromatic nitrogens is 1. The second-order valence-corrected chi connectivity index (χ2v) is 8.38. The normalized spacial score (nSPS) is 11.6. The summed E-state index contributed by atoms with van der Waals surface area (Å²) in [6, 6.07) is 15.6. The van der Waals surface area contributed by atoms with Gasteiger partial charge in [-0.3, -0.25) is 14.2 Å². The molecule has 0 unspecified atom stereocenters. The summed E-state index contributed by atoms with van der Waals surface area (Å²) in [6.07, 6.45) is 0. The number of nitrogens with zero attached hydrogens (tertiary/aromatic N) is 1. The molecule has 3 aromatic carbocycles. The Kier molecular flexibility index (Phi) is 4.18. The van der Waals surface area contributed by atoms with Crippen molar-refractivity contribution in [2.24, 2.45) is 0 Å². The van der Waals surface area contributed by atoms with Gasteiger partial charge in [-0.05, 0) is 42.0 Å². The zero-order valence-electron chi connectivity index (χ0n) is 16.2. The third-order valence-corrected chi connectivity index (χ3v) is 6.50. The molecule has 2 heterocycles. The van der Waals surface area contributed by atoms with Crippen LogP contribution in [0.1, 0.15) is 6.92 Å². The molecule has 0 aliphatic carbocycles. The second kappa shape index (κ2) is 6.78. The summed E-state index contributed by atoms with van der Waals surface area (Å²) in [4.78, 5) is 37.9. The Labute approximate surface area is 174 Å². The summed E-state index contributed by atoms with van der Waals surface area (Å²) in [5.74, 6) is -0.540. The second-order valence-electron chi connectivity index (χ2n) is 7.30. The summed E-state index contributed by atoms with van der Waals surface area (Å²) in [5, 5.41) is 4.78. The van der Waals surface area contributed by atoms with E-state index in [1.165, 1.54) is 0 Å². The van der Waals surface area contributed by atoms with Crippen molar-refractivity contribution in [2.75, 3.05) is 6.61 Å². The van der Waals surface area contributed by atoms with Crippen molar-refractivity contribution in [2.45, 2.75) is 13.5 Å². The van der Waals surface area contributed by atoms with Crippen LogP contribution in [0.15, 0.2) is 70.3 Å². The largest absolute Gasteiger partial charge is 0.460 e. The number of fused-ring (bicyclic) bond motifs is 2. The number of rotatable bonds is 4. The van der Waals surface area contributed by atoms with Crippen molar-refractivity contribution in [3.05, 3.63) is 81.4 Å². The van der Waals surface area contributed by atoms with E-state index in [9.17, 15) is 14.4 Å². The standard InChI is InChI=1S/C24H17NO4S/c1-13(2)24(28)29-12-11-25-22(26)16-8-7-15-14-5-3-4-6-18(14)30-19-10-9-17(23(25)27)20(16)21(15)19/h3-10H,1,11-12H2,2H3. The van der Waals surface area contributed by atoms with E-state index < -0.39 is 5.97 Å². The molecule has 0 N–H and O–H groups in total. The molecule has 0 fully saturated rings. The van der Waals surface area contributed by atoms with E-state index in [0.29, 0.717) is 16.2 Å². The van der Waals surface area contributed by atoms with Crippen LogP contribution in [0.5, 0.6) is 0 Å². The van der Waals surface area contributed by atoms with Gasteiger partial charge in [-0.15, -0.1) is 11.3 Å². The van der Waals surface area contributed by atoms with Gasteiger partial charge < -0.3 is 4.74 Å². The fourth-order valence-electron chi connectivity index (χ4n) is 3.97. The maximum absolute atomic E-state index is 13.1. The Hall–Kier alpha value is -3.51. The van der Waals surface area contributed by atoms with E-state index in [2.05, 4.69) is 18.7 Å². The van der Waals surface area contributed by atoms with Gasteiger partial charge in [-0.1, -0.05) is 30.8 Å². The molecule has 0 bridgehead atoms. The van der Waals surface area contributed by atoms with Crippen LogP contribution >= 0.6 is 11.3 Å². The van der Waals surface area contributed by atoms with Crippen molar-refractivity contribution >= 4 is 59.0 Å². The molecule has 0 radical (unpaired) electrons. The van der Waals surface area contributed by atoms with E-state index in [1.807, 2.05) is 24.3 Å². The zero-order chi connectivity index (χ0) is 21.0. The monoisotopic (exact) mass is 415 g/mol. The van der Waals surface area contributed by atoms with Crippen LogP contribution in [0.4, 0.5) is 0 Å². The molecule has 0 saturated carbocycles. The maximum atomic E-state index is 13.1. The first kappa shape index (κ1) is 18.5. The first-order valence-electron chi connectivity index (χ1n) is 9.53. The Morgan fingerprint density at radius 2 is 1.57 bits per heavy atom. The van der Waals surface area contributed by atoms with Crippen LogP contribution in [0.3, 0.4) is 0 Å². The van der Waals surface area contributed by atoms with Gasteiger partial charge in [0.2, 0.25) is 0 Å². The lowest BCUT2D eigenvalue weighted by Crippen LogP contribution is -2.35. The Bertz CT molecular complexity index is 1580. The van der Waals surface area contributed by atoms with E-state index >= 15 is 0 Å². The molecule has 0 amide bonds. The van der Waals surface area contributed by atoms with Gasteiger partial charge >= 0.3 is 5.97 Å². The SMILES string of the molecule is C=C(C)C(=O)OCCn1c(=O)c2ccc3sc4ccccc4c4ccc(c1=O)c2c34. The van der Waals surface area contributed by atoms with E-state index in [1.54, 1.807) is 30.4 Å². The van der Waals surface area contributed by atoms with Gasteiger partial charge in [0.15, 0.2) is 0 Å². The quantitative estimate of drug-likeness (QED) is 0.188. The van der Waals surface area contributed by atoms with Crippen LogP contribution in [0.25, 0.3) is 41.7 Å². The number of benzene rings is 3. The van der Waals surface area contributed by atoms with Gasteiger partial charge in [0.05, 0.1) is 6.54 Å². The van der Waals surface area contributed by atoms with Crippen molar-refractivity contribution in [3.8, 4) is 0 Å². The lowest BCUT2D eigenvalue weighted by atomic mass is 9.98. The van der Waals surface area contributed by atoms with Crippen LogP contribution in [-0.4, -0.2) is 17.1 Å². The maximum Gasteiger partial charge on any atom is 0.333 e. The minimum absolute atomic E-state index is 0.00128. The zero-order valence-corrected chi connectivity index (χ0v) is 17.0. The number of hydrogen-bond acceptors (Lipinski definition) is 5. The number of hydrogen-bond donors (Lipinski definition) is 0. The van der Waals surface area contributed by atoms with Gasteiger partial charge in [-0.2, -0.15) is 0 Å². The molecule has 0 aliphatic heterocycles. The molecule has 0 aliphatic rings. The first-order chi connectivity index (χ1) is 14.5. The van der Waals surface area contributed by atoms with Crippen LogP contribution in [0, 0.1) is 0 Å². The van der Waals surface area contributed by atoms with Crippen molar-refractivity contribution in [1.29, 1.82) is 0 Å². The molecule has 5 rings (SSSR count). The smallest absolute Gasteiger partial charge is 0.333 e. The number of esters is 1. The Morgan fingerprint density at radius 1 is 0.900 bits per heavy atom. The third kappa shape index (κ3) is 2.64. The van der Waals surface area contributed by atoms with Gasteiger partial charge in [-0.25, -0.2) is 4.79 Å². The van der Waals surface area contributed by atoms with E-state index in [4.69, 9.17) is 4.74 Å². The molecule has 0 spiro atoms. The number of ether oxygens (including phenoxy) is 1. The lowest BCUT2D eigenvalue weighted by Gasteiger charge is -2.14. The lowest BCUT2D eigenvalue weighted by molar-refractivity contribution is -0.139. The van der Waals surface area contributed by atoms with Crippen LogP contribution in [0.2, 0.25) is 0 Å². The predicted molar refractivity (Wildman–Crippen MR) is 122 cm³/mol. The summed E-state index contributed by atoms with van der Waals surface area (Å²) < 4.78 is 8.42. The highest BCUT2D eigenvalue weighted by Gasteiger charge is 2.18. The fourth-order valence-corrected chi connectivity index (χ4v) is 5.09. The number of pyridine rings is 1. The van der Waals surface area contributed by atoms with Crippen molar-refractivity contribution < 1.29 is 9.53 Å². The average Bonchev–Trinajstić information content (AvgIpc) is 2.75. The van der Waals surface area contributed by atoms with E-state index in [0.717, 1.165) is 30.1 Å². The van der Waals surface area contributed by atoms with Crippen molar-refractivity contribution in [1.82, 2.24) is 4.57 Å². The minimum atomic E-state index is -0.540. The summed E-state index contributed by atoms with van der Waals surface area (Å²) >= 11 is 1.65. The highest BCUT2D eigenvalue weighted by molar-refractivity contribution is 7.25. The summed E-state index contributed by atoms with van der Waals surface area (Å²) in [5.41, 5.74) is -0.466. The van der Waals surface area contributed by atoms with Gasteiger partial charge in [0.1, 0.15) is 6.61 Å². The molecule has 5 aromatic rings. The molecular formula is C24H17NO4S. The first-order valence-corrected chi connectivity index (χ1v) is 10.3. The predicted octanol–water partition coefficient (Wildman–Crippen LogP) is 4.44. The molecule has 0 atom stereocenters. The molecular weight excluding hydrogens is 398 g/mol.